The second-order valence-electron chi connectivity index (χ2n) is 4.05. The van der Waals surface area contributed by atoms with E-state index < -0.39 is 16.1 Å². The van der Waals surface area contributed by atoms with Gasteiger partial charge in [-0.25, -0.2) is 17.9 Å². The first-order valence-electron chi connectivity index (χ1n) is 5.63. The van der Waals surface area contributed by atoms with E-state index in [-0.39, 0.29) is 38.8 Å². The van der Waals surface area contributed by atoms with Gasteiger partial charge < -0.3 is 5.32 Å². The molecule has 0 spiro atoms. The van der Waals surface area contributed by atoms with Gasteiger partial charge in [0.25, 0.3) is 10.0 Å². The summed E-state index contributed by atoms with van der Waals surface area (Å²) in [5.41, 5.74) is 0.333. The smallest absolute Gasteiger partial charge is 0.307 e. The Morgan fingerprint density at radius 3 is 2.36 bits per heavy atom. The number of thiophene rings is 1. The van der Waals surface area contributed by atoms with Crippen molar-refractivity contribution >= 4 is 85.8 Å². The molecule has 2 rings (SSSR count). The third kappa shape index (κ3) is 5.13. The van der Waals surface area contributed by atoms with Gasteiger partial charge in [0, 0.05) is 40.1 Å². The van der Waals surface area contributed by atoms with Crippen molar-refractivity contribution in [2.45, 2.75) is 11.1 Å². The average molecular weight is 388 g/mol. The number of carbonyl (C=O) groups is 1. The van der Waals surface area contributed by atoms with Gasteiger partial charge in [0.1, 0.15) is 4.21 Å². The Hall–Kier alpha value is -0.280. The zero-order valence-corrected chi connectivity index (χ0v) is 16.8. The number of hydrogen-bond donors (Lipinski definition) is 2. The van der Waals surface area contributed by atoms with Crippen LogP contribution in [0.5, 0.6) is 0 Å². The number of amides is 2. The molecule has 0 fully saturated rings. The first-order valence-corrected chi connectivity index (χ1v) is 8.69. The van der Waals surface area contributed by atoms with Crippen molar-refractivity contribution in [1.82, 2.24) is 4.72 Å². The van der Waals surface area contributed by atoms with Crippen LogP contribution in [0.2, 0.25) is 10.0 Å². The van der Waals surface area contributed by atoms with Crippen LogP contribution in [0, 0.1) is 6.92 Å². The molecule has 1 aromatic heterocycles. The molecule has 1 aromatic carbocycles. The van der Waals surface area contributed by atoms with Gasteiger partial charge in [-0.3, -0.25) is 0 Å². The van der Waals surface area contributed by atoms with E-state index in [1.54, 1.807) is 13.0 Å². The van der Waals surface area contributed by atoms with Gasteiger partial charge in [0.05, 0.1) is 10.0 Å². The summed E-state index contributed by atoms with van der Waals surface area (Å²) < 4.78 is 25.9. The Morgan fingerprint density at radius 2 is 1.82 bits per heavy atom. The second kappa shape index (κ2) is 8.01. The van der Waals surface area contributed by atoms with E-state index in [2.05, 4.69) is 5.32 Å². The molecule has 1 heterocycles. The molecule has 5 nitrogen and oxygen atoms in total. The molecule has 2 N–H and O–H groups in total. The zero-order chi connectivity index (χ0) is 15.6. The van der Waals surface area contributed by atoms with Crippen LogP contribution in [0.15, 0.2) is 34.5 Å². The van der Waals surface area contributed by atoms with E-state index in [4.69, 9.17) is 23.2 Å². The molecular weight excluding hydrogens is 378 g/mol. The number of anilines is 1. The van der Waals surface area contributed by atoms with Gasteiger partial charge in [-0.05, 0) is 37.3 Å². The summed E-state index contributed by atoms with van der Waals surface area (Å²) in [6, 6.07) is 6.65. The molecule has 113 valence electrons. The van der Waals surface area contributed by atoms with E-state index in [1.807, 2.05) is 4.72 Å². The van der Waals surface area contributed by atoms with Crippen molar-refractivity contribution in [2.24, 2.45) is 0 Å². The molecule has 0 saturated carbocycles. The van der Waals surface area contributed by atoms with Gasteiger partial charge in [-0.15, -0.1) is 11.3 Å². The zero-order valence-electron chi connectivity index (χ0n) is 11.7. The molecule has 22 heavy (non-hydrogen) atoms. The van der Waals surface area contributed by atoms with E-state index in [1.165, 1.54) is 24.3 Å². The number of benzene rings is 1. The van der Waals surface area contributed by atoms with Crippen LogP contribution in [0.1, 0.15) is 4.88 Å². The number of hydrogen-bond acceptors (Lipinski definition) is 4. The fourth-order valence-electron chi connectivity index (χ4n) is 1.46. The summed E-state index contributed by atoms with van der Waals surface area (Å²) >= 11 is 12.6. The van der Waals surface area contributed by atoms with Gasteiger partial charge in [-0.1, -0.05) is 23.2 Å². The fourth-order valence-corrected chi connectivity index (χ4v) is 3.95. The molecule has 0 saturated heterocycles. The summed E-state index contributed by atoms with van der Waals surface area (Å²) in [6.45, 7) is 1.78. The number of sulfonamides is 1. The van der Waals surface area contributed by atoms with Crippen LogP contribution in [-0.2, 0) is 10.0 Å². The summed E-state index contributed by atoms with van der Waals surface area (Å²) in [7, 11) is -3.88. The van der Waals surface area contributed by atoms with Crippen molar-refractivity contribution in [1.29, 1.82) is 0 Å². The maximum Gasteiger partial charge on any atom is 0.333 e. The number of rotatable bonds is 3. The first-order chi connectivity index (χ1) is 9.78. The Kier molecular flexibility index (Phi) is 7.20. The molecule has 0 aliphatic rings. The van der Waals surface area contributed by atoms with Crippen LogP contribution in [-0.4, -0.2) is 44.0 Å². The molecule has 0 bridgehead atoms. The van der Waals surface area contributed by atoms with Crippen molar-refractivity contribution in [2.75, 3.05) is 5.32 Å². The number of urea groups is 1. The van der Waals surface area contributed by atoms with E-state index in [9.17, 15) is 13.2 Å². The third-order valence-corrected chi connectivity index (χ3v) is 5.95. The van der Waals surface area contributed by atoms with Crippen LogP contribution in [0.4, 0.5) is 10.5 Å². The predicted molar refractivity (Wildman–Crippen MR) is 90.6 cm³/mol. The third-order valence-electron chi connectivity index (χ3n) is 2.39. The van der Waals surface area contributed by atoms with Crippen LogP contribution < -0.4 is 10.0 Å². The van der Waals surface area contributed by atoms with Gasteiger partial charge in [0.15, 0.2) is 0 Å². The van der Waals surface area contributed by atoms with Crippen molar-refractivity contribution < 1.29 is 13.2 Å². The number of carbonyl (C=O) groups excluding carboxylic acids is 1. The summed E-state index contributed by atoms with van der Waals surface area (Å²) in [5.74, 6) is 0. The largest absolute Gasteiger partial charge is 0.333 e. The van der Waals surface area contributed by atoms with Crippen molar-refractivity contribution in [3.8, 4) is 0 Å². The summed E-state index contributed by atoms with van der Waals surface area (Å²) in [6.07, 6.45) is 0. The van der Waals surface area contributed by atoms with Crippen LogP contribution in [0.3, 0.4) is 0 Å². The normalized spacial score (nSPS) is 10.7. The van der Waals surface area contributed by atoms with Gasteiger partial charge >= 0.3 is 6.03 Å². The van der Waals surface area contributed by atoms with Crippen molar-refractivity contribution in [3.63, 3.8) is 0 Å². The molecule has 10 heteroatoms. The molecule has 0 atom stereocenters. The SMILES string of the molecule is Cc1ccc(S(=O)(=O)NC(=O)Nc2ccc(Cl)c(Cl)c2)s1.[Na]. The van der Waals surface area contributed by atoms with Gasteiger partial charge in [0.2, 0.25) is 0 Å². The molecule has 1 radical (unpaired) electrons. The standard InChI is InChI=1S/C12H10Cl2N2O3S2.Na/c1-7-2-5-11(20-7)21(18,19)16-12(17)15-8-3-4-9(13)10(14)6-8;/h2-6H,1H3,(H2,15,16,17);. The monoisotopic (exact) mass is 387 g/mol. The average Bonchev–Trinajstić information content (AvgIpc) is 2.81. The second-order valence-corrected chi connectivity index (χ2v) is 8.07. The molecule has 0 aliphatic heterocycles. The predicted octanol–water partition coefficient (Wildman–Crippen LogP) is 3.49. The van der Waals surface area contributed by atoms with Crippen LogP contribution >= 0.6 is 34.5 Å². The Bertz CT molecular complexity index is 793. The van der Waals surface area contributed by atoms with E-state index in [0.29, 0.717) is 10.7 Å². The minimum absolute atomic E-state index is 0. The topological polar surface area (TPSA) is 75.3 Å². The summed E-state index contributed by atoms with van der Waals surface area (Å²) in [4.78, 5) is 12.6. The minimum Gasteiger partial charge on any atom is -0.307 e. The maximum absolute atomic E-state index is 12.0. The Balaban J connectivity index is 0.00000242. The summed E-state index contributed by atoms with van der Waals surface area (Å²) in [5, 5.41) is 2.97. The molecular formula is C12H10Cl2N2NaO3S2. The number of halogens is 2. The quantitative estimate of drug-likeness (QED) is 0.791. The van der Waals surface area contributed by atoms with E-state index in [0.717, 1.165) is 16.2 Å². The first kappa shape index (κ1) is 19.8. The van der Waals surface area contributed by atoms with Crippen LogP contribution in [0.25, 0.3) is 0 Å². The molecule has 2 aromatic rings. The maximum atomic E-state index is 12.0. The van der Waals surface area contributed by atoms with E-state index >= 15 is 0 Å². The van der Waals surface area contributed by atoms with Crippen molar-refractivity contribution in [3.05, 3.63) is 45.3 Å². The molecule has 0 aliphatic carbocycles. The Labute approximate surface area is 164 Å². The number of aryl methyl sites for hydroxylation is 1. The Morgan fingerprint density at radius 1 is 1.14 bits per heavy atom. The fraction of sp³-hybridized carbons (Fsp3) is 0.0833. The van der Waals surface area contributed by atoms with Gasteiger partial charge in [-0.2, -0.15) is 0 Å². The number of nitrogens with one attached hydrogen (secondary N) is 2. The molecule has 0 unspecified atom stereocenters. The minimum atomic E-state index is -3.88. The molecule has 2 amide bonds.